The minimum Gasteiger partial charge on any atom is -0.356 e. The average molecular weight is 333 g/mol. The molecule has 18 heavy (non-hydrogen) atoms. The molecule has 0 aromatic heterocycles. The molecule has 2 heterocycles. The van der Waals surface area contributed by atoms with E-state index in [4.69, 9.17) is 0 Å². The van der Waals surface area contributed by atoms with Gasteiger partial charge >= 0.3 is 0 Å². The first kappa shape index (κ1) is 12.1. The number of halogens is 2. The van der Waals surface area contributed by atoms with E-state index >= 15 is 0 Å². The molecule has 1 saturated heterocycles. The molecule has 4 nitrogen and oxygen atoms in total. The van der Waals surface area contributed by atoms with Gasteiger partial charge < -0.3 is 10.2 Å². The first-order valence-corrected chi connectivity index (χ1v) is 7.76. The van der Waals surface area contributed by atoms with Crippen LogP contribution in [0.4, 0.5) is 15.8 Å². The van der Waals surface area contributed by atoms with Crippen molar-refractivity contribution >= 4 is 44.0 Å². The second kappa shape index (κ2) is 4.31. The number of benzene rings is 1. The molecule has 2 unspecified atom stereocenters. The Balaban J connectivity index is 2.08. The molecule has 0 spiro atoms. The predicted octanol–water partition coefficient (Wildman–Crippen LogP) is 1.48. The van der Waals surface area contributed by atoms with Gasteiger partial charge in [-0.1, -0.05) is 0 Å². The standard InChI is InChI=1S/C11H10BrFN2O2S/c12-6-3-8-9(4-7(6)13)15-1-2-18(17)5-10(15)11(16)14-8/h3-4,10H,1-2,5H2,(H,14,16). The Morgan fingerprint density at radius 3 is 3.06 bits per heavy atom. The van der Waals surface area contributed by atoms with Gasteiger partial charge in [0.1, 0.15) is 11.9 Å². The lowest BCUT2D eigenvalue weighted by Gasteiger charge is -2.40. The van der Waals surface area contributed by atoms with Crippen LogP contribution in [0.25, 0.3) is 0 Å². The SMILES string of the molecule is O=C1Nc2cc(Br)c(F)cc2N2CCS(=O)CC12. The first-order chi connectivity index (χ1) is 8.56. The van der Waals surface area contributed by atoms with E-state index in [-0.39, 0.29) is 11.7 Å². The average Bonchev–Trinajstić information content (AvgIpc) is 2.32. The number of amides is 1. The summed E-state index contributed by atoms with van der Waals surface area (Å²) in [4.78, 5) is 13.8. The number of carbonyl (C=O) groups excluding carboxylic acids is 1. The van der Waals surface area contributed by atoms with Gasteiger partial charge in [0.05, 0.1) is 21.6 Å². The van der Waals surface area contributed by atoms with Crippen LogP contribution < -0.4 is 10.2 Å². The number of fused-ring (bicyclic) bond motifs is 3. The number of anilines is 2. The number of nitrogens with zero attached hydrogens (tertiary/aromatic N) is 1. The number of hydrogen-bond donors (Lipinski definition) is 1. The van der Waals surface area contributed by atoms with Gasteiger partial charge in [0.25, 0.3) is 0 Å². The van der Waals surface area contributed by atoms with Gasteiger partial charge in [-0.15, -0.1) is 0 Å². The molecule has 2 atom stereocenters. The summed E-state index contributed by atoms with van der Waals surface area (Å²) in [5.41, 5.74) is 1.26. The Bertz CT molecular complexity index is 566. The van der Waals surface area contributed by atoms with Crippen LogP contribution in [0.15, 0.2) is 16.6 Å². The molecule has 0 bridgehead atoms. The fourth-order valence-electron chi connectivity index (χ4n) is 2.30. The van der Waals surface area contributed by atoms with Gasteiger partial charge in [0.2, 0.25) is 5.91 Å². The third kappa shape index (κ3) is 1.85. The van der Waals surface area contributed by atoms with Crippen molar-refractivity contribution in [1.29, 1.82) is 0 Å². The van der Waals surface area contributed by atoms with E-state index in [1.165, 1.54) is 6.07 Å². The third-order valence-electron chi connectivity index (χ3n) is 3.19. The van der Waals surface area contributed by atoms with Crippen molar-refractivity contribution in [3.8, 4) is 0 Å². The van der Waals surface area contributed by atoms with Crippen LogP contribution in [0.5, 0.6) is 0 Å². The predicted molar refractivity (Wildman–Crippen MR) is 71.7 cm³/mol. The molecule has 1 aromatic rings. The van der Waals surface area contributed by atoms with Crippen molar-refractivity contribution < 1.29 is 13.4 Å². The molecule has 0 aliphatic carbocycles. The summed E-state index contributed by atoms with van der Waals surface area (Å²) >= 11 is 3.10. The maximum atomic E-state index is 13.6. The Morgan fingerprint density at radius 1 is 1.50 bits per heavy atom. The van der Waals surface area contributed by atoms with Crippen LogP contribution in [0, 0.1) is 5.82 Å². The fourth-order valence-corrected chi connectivity index (χ4v) is 3.89. The fraction of sp³-hybridized carbons (Fsp3) is 0.364. The van der Waals surface area contributed by atoms with Crippen LogP contribution in [0.3, 0.4) is 0 Å². The molecule has 2 aliphatic heterocycles. The summed E-state index contributed by atoms with van der Waals surface area (Å²) in [6.45, 7) is 0.513. The van der Waals surface area contributed by atoms with Gasteiger partial charge in [-0.05, 0) is 22.0 Å². The summed E-state index contributed by atoms with van der Waals surface area (Å²) in [6.07, 6.45) is 0. The minimum absolute atomic E-state index is 0.172. The molecule has 1 aromatic carbocycles. The maximum Gasteiger partial charge on any atom is 0.248 e. The van der Waals surface area contributed by atoms with Crippen LogP contribution in [0.1, 0.15) is 0 Å². The monoisotopic (exact) mass is 332 g/mol. The van der Waals surface area contributed by atoms with E-state index in [9.17, 15) is 13.4 Å². The Labute approximate surface area is 114 Å². The molecule has 2 aliphatic rings. The second-order valence-electron chi connectivity index (χ2n) is 4.29. The largest absolute Gasteiger partial charge is 0.356 e. The van der Waals surface area contributed by atoms with Gasteiger partial charge in [0, 0.05) is 29.2 Å². The molecule has 96 valence electrons. The topological polar surface area (TPSA) is 49.4 Å². The van der Waals surface area contributed by atoms with Crippen molar-refractivity contribution in [2.75, 3.05) is 28.3 Å². The quantitative estimate of drug-likeness (QED) is 0.782. The van der Waals surface area contributed by atoms with Crippen molar-refractivity contribution in [3.63, 3.8) is 0 Å². The van der Waals surface area contributed by atoms with Gasteiger partial charge in [-0.25, -0.2) is 4.39 Å². The molecule has 0 radical (unpaired) electrons. The number of nitrogens with one attached hydrogen (secondary N) is 1. The number of carbonyl (C=O) groups is 1. The molecule has 1 fully saturated rings. The highest BCUT2D eigenvalue weighted by Crippen LogP contribution is 2.37. The molecule has 0 saturated carbocycles. The summed E-state index contributed by atoms with van der Waals surface area (Å²) in [6, 6.07) is 2.51. The molecular weight excluding hydrogens is 323 g/mol. The highest BCUT2D eigenvalue weighted by molar-refractivity contribution is 9.10. The maximum absolute atomic E-state index is 13.6. The van der Waals surface area contributed by atoms with E-state index in [0.717, 1.165) is 0 Å². The normalized spacial score (nSPS) is 26.3. The summed E-state index contributed by atoms with van der Waals surface area (Å²) in [5, 5.41) is 2.74. The summed E-state index contributed by atoms with van der Waals surface area (Å²) in [7, 11) is -0.971. The van der Waals surface area contributed by atoms with E-state index in [2.05, 4.69) is 21.2 Å². The zero-order valence-electron chi connectivity index (χ0n) is 9.28. The molecule has 3 rings (SSSR count). The lowest BCUT2D eigenvalue weighted by Crippen LogP contribution is -2.55. The molecule has 1 amide bonds. The van der Waals surface area contributed by atoms with Crippen molar-refractivity contribution in [1.82, 2.24) is 0 Å². The molecule has 7 heteroatoms. The van der Waals surface area contributed by atoms with E-state index in [0.29, 0.717) is 33.9 Å². The van der Waals surface area contributed by atoms with E-state index in [1.807, 2.05) is 4.90 Å². The Kier molecular flexibility index (Phi) is 2.90. The highest BCUT2D eigenvalue weighted by atomic mass is 79.9. The van der Waals surface area contributed by atoms with Crippen LogP contribution in [-0.4, -0.2) is 34.2 Å². The second-order valence-corrected chi connectivity index (χ2v) is 6.77. The summed E-state index contributed by atoms with van der Waals surface area (Å²) in [5.74, 6) is 0.286. The van der Waals surface area contributed by atoms with Crippen LogP contribution in [0.2, 0.25) is 0 Å². The van der Waals surface area contributed by atoms with Crippen LogP contribution in [-0.2, 0) is 15.6 Å². The molecule has 1 N–H and O–H groups in total. The summed E-state index contributed by atoms with van der Waals surface area (Å²) < 4.78 is 25.4. The lowest BCUT2D eigenvalue weighted by molar-refractivity contribution is -0.117. The van der Waals surface area contributed by atoms with Crippen molar-refractivity contribution in [2.24, 2.45) is 0 Å². The van der Waals surface area contributed by atoms with Crippen LogP contribution >= 0.6 is 15.9 Å². The van der Waals surface area contributed by atoms with Crippen molar-refractivity contribution in [3.05, 3.63) is 22.4 Å². The first-order valence-electron chi connectivity index (χ1n) is 5.48. The smallest absolute Gasteiger partial charge is 0.248 e. The van der Waals surface area contributed by atoms with Crippen molar-refractivity contribution in [2.45, 2.75) is 6.04 Å². The third-order valence-corrected chi connectivity index (χ3v) is 5.12. The lowest BCUT2D eigenvalue weighted by atomic mass is 10.1. The molecular formula is C11H10BrFN2O2S. The number of rotatable bonds is 0. The Morgan fingerprint density at radius 2 is 2.28 bits per heavy atom. The Hall–Kier alpha value is -0.950. The zero-order valence-corrected chi connectivity index (χ0v) is 11.7. The van der Waals surface area contributed by atoms with E-state index < -0.39 is 16.8 Å². The van der Waals surface area contributed by atoms with E-state index in [1.54, 1.807) is 6.07 Å². The zero-order chi connectivity index (χ0) is 12.9. The number of hydrogen-bond acceptors (Lipinski definition) is 3. The van der Waals surface area contributed by atoms with Gasteiger partial charge in [-0.2, -0.15) is 0 Å². The van der Waals surface area contributed by atoms with Gasteiger partial charge in [0.15, 0.2) is 0 Å². The minimum atomic E-state index is -0.971. The highest BCUT2D eigenvalue weighted by Gasteiger charge is 2.37. The van der Waals surface area contributed by atoms with Gasteiger partial charge in [-0.3, -0.25) is 9.00 Å².